The van der Waals surface area contributed by atoms with Gasteiger partial charge in [-0.15, -0.1) is 0 Å². The fourth-order valence-electron chi connectivity index (χ4n) is 6.45. The van der Waals surface area contributed by atoms with Crippen molar-refractivity contribution in [3.63, 3.8) is 0 Å². The lowest BCUT2D eigenvalue weighted by atomic mass is 9.95. The zero-order valence-corrected chi connectivity index (χ0v) is 23.7. The van der Waals surface area contributed by atoms with E-state index in [1.54, 1.807) is 42.9 Å². The van der Waals surface area contributed by atoms with Gasteiger partial charge in [0.15, 0.2) is 0 Å². The number of hydrogen-bond acceptors (Lipinski definition) is 6. The second-order valence-corrected chi connectivity index (χ2v) is 11.4. The fraction of sp³-hybridized carbons (Fsp3) is 0.281. The topological polar surface area (TPSA) is 171 Å². The number of imidazole rings is 1. The maximum atomic E-state index is 13.5. The molecule has 1 aliphatic heterocycles. The molecule has 4 heterocycles. The van der Waals surface area contributed by atoms with E-state index in [1.807, 2.05) is 12.1 Å². The molecular weight excluding hydrogens is 564 g/mol. The van der Waals surface area contributed by atoms with Crippen LogP contribution in [0.2, 0.25) is 0 Å². The molecule has 44 heavy (non-hydrogen) atoms. The predicted octanol–water partition coefficient (Wildman–Crippen LogP) is 4.28. The number of aliphatic carboxylic acids is 1. The molecule has 12 heteroatoms. The SMILES string of the molecule is O=C(O)C(=O)Nc1ccc2[nH]c3c(c2c1)C[C@H](NC(=O)c1ccc2c(c1)nc(-c1ccoc1)n2C1CCCCC1)C(=O)NC3. The van der Waals surface area contributed by atoms with E-state index < -0.39 is 23.8 Å². The van der Waals surface area contributed by atoms with Crippen LogP contribution in [0.4, 0.5) is 5.69 Å². The highest BCUT2D eigenvalue weighted by atomic mass is 16.4. The Balaban J connectivity index is 1.17. The fourth-order valence-corrected chi connectivity index (χ4v) is 6.45. The molecule has 2 aliphatic rings. The van der Waals surface area contributed by atoms with E-state index in [0.29, 0.717) is 22.8 Å². The first kappa shape index (κ1) is 27.4. The van der Waals surface area contributed by atoms with E-state index in [0.717, 1.165) is 64.7 Å². The number of aromatic nitrogens is 3. The van der Waals surface area contributed by atoms with Crippen LogP contribution in [0, 0.1) is 0 Å². The highest BCUT2D eigenvalue weighted by Crippen LogP contribution is 2.36. The van der Waals surface area contributed by atoms with Crippen molar-refractivity contribution in [2.24, 2.45) is 0 Å². The minimum absolute atomic E-state index is 0.201. The molecule has 3 amide bonds. The van der Waals surface area contributed by atoms with Crippen LogP contribution in [-0.2, 0) is 27.3 Å². The zero-order valence-electron chi connectivity index (χ0n) is 23.7. The second kappa shape index (κ2) is 11.0. The van der Waals surface area contributed by atoms with Gasteiger partial charge in [-0.2, -0.15) is 0 Å². The maximum Gasteiger partial charge on any atom is 0.394 e. The van der Waals surface area contributed by atoms with Crippen LogP contribution in [0.25, 0.3) is 33.3 Å². The Morgan fingerprint density at radius 2 is 1.89 bits per heavy atom. The van der Waals surface area contributed by atoms with Crippen LogP contribution in [0.5, 0.6) is 0 Å². The van der Waals surface area contributed by atoms with Gasteiger partial charge in [0.25, 0.3) is 5.91 Å². The molecule has 2 aromatic carbocycles. The van der Waals surface area contributed by atoms with Crippen LogP contribution < -0.4 is 16.0 Å². The number of aromatic amines is 1. The monoisotopic (exact) mass is 594 g/mol. The number of benzene rings is 2. The Hall–Kier alpha value is -5.39. The van der Waals surface area contributed by atoms with E-state index in [4.69, 9.17) is 14.5 Å². The number of rotatable bonds is 5. The number of hydrogen-bond donors (Lipinski definition) is 5. The van der Waals surface area contributed by atoms with Gasteiger partial charge in [-0.3, -0.25) is 14.4 Å². The van der Waals surface area contributed by atoms with E-state index in [9.17, 15) is 19.2 Å². The highest BCUT2D eigenvalue weighted by molar-refractivity contribution is 6.36. The predicted molar refractivity (Wildman–Crippen MR) is 161 cm³/mol. The average Bonchev–Trinajstić information content (AvgIpc) is 3.75. The number of fused-ring (bicyclic) bond motifs is 4. The first-order valence-corrected chi connectivity index (χ1v) is 14.7. The molecule has 224 valence electrons. The van der Waals surface area contributed by atoms with Gasteiger partial charge in [-0.1, -0.05) is 19.3 Å². The number of nitrogens with one attached hydrogen (secondary N) is 4. The number of nitrogens with zero attached hydrogens (tertiary/aromatic N) is 2. The number of carboxylic acid groups (broad SMARTS) is 1. The van der Waals surface area contributed by atoms with Crippen molar-refractivity contribution in [1.82, 2.24) is 25.2 Å². The third-order valence-corrected chi connectivity index (χ3v) is 8.59. The lowest BCUT2D eigenvalue weighted by Crippen LogP contribution is -2.46. The number of amides is 3. The molecule has 5 aromatic rings. The molecule has 0 radical (unpaired) electrons. The molecule has 0 spiro atoms. The highest BCUT2D eigenvalue weighted by Gasteiger charge is 2.29. The van der Waals surface area contributed by atoms with E-state index in [2.05, 4.69) is 25.5 Å². The summed E-state index contributed by atoms with van der Waals surface area (Å²) in [6.45, 7) is 0.230. The minimum Gasteiger partial charge on any atom is -0.474 e. The molecule has 5 N–H and O–H groups in total. The summed E-state index contributed by atoms with van der Waals surface area (Å²) >= 11 is 0. The van der Waals surface area contributed by atoms with E-state index in [1.165, 1.54) is 6.42 Å². The van der Waals surface area contributed by atoms with Crippen LogP contribution in [0.3, 0.4) is 0 Å². The Morgan fingerprint density at radius 1 is 1.05 bits per heavy atom. The van der Waals surface area contributed by atoms with Crippen LogP contribution in [-0.4, -0.2) is 49.4 Å². The molecule has 0 unspecified atom stereocenters. The lowest BCUT2D eigenvalue weighted by Gasteiger charge is -2.25. The number of carbonyl (C=O) groups excluding carboxylic acids is 3. The summed E-state index contributed by atoms with van der Waals surface area (Å²) in [4.78, 5) is 57.5. The quantitative estimate of drug-likeness (QED) is 0.189. The molecule has 1 fully saturated rings. The van der Waals surface area contributed by atoms with Crippen molar-refractivity contribution in [2.75, 3.05) is 5.32 Å². The lowest BCUT2D eigenvalue weighted by molar-refractivity contribution is -0.147. The van der Waals surface area contributed by atoms with Crippen molar-refractivity contribution in [3.05, 3.63) is 71.8 Å². The van der Waals surface area contributed by atoms with Crippen molar-refractivity contribution >= 4 is 51.3 Å². The van der Waals surface area contributed by atoms with Crippen molar-refractivity contribution in [2.45, 2.75) is 57.2 Å². The van der Waals surface area contributed by atoms with Gasteiger partial charge in [-0.05, 0) is 60.9 Å². The van der Waals surface area contributed by atoms with Gasteiger partial charge in [0.1, 0.15) is 18.1 Å². The van der Waals surface area contributed by atoms with E-state index in [-0.39, 0.29) is 18.9 Å². The second-order valence-electron chi connectivity index (χ2n) is 11.4. The third kappa shape index (κ3) is 4.97. The number of furan rings is 1. The first-order valence-electron chi connectivity index (χ1n) is 14.7. The van der Waals surface area contributed by atoms with Gasteiger partial charge >= 0.3 is 11.9 Å². The summed E-state index contributed by atoms with van der Waals surface area (Å²) in [5.41, 5.74) is 5.55. The summed E-state index contributed by atoms with van der Waals surface area (Å²) in [5.74, 6) is -2.65. The number of carbonyl (C=O) groups is 4. The van der Waals surface area contributed by atoms with Gasteiger partial charge in [0, 0.05) is 40.3 Å². The molecule has 0 saturated heterocycles. The van der Waals surface area contributed by atoms with Gasteiger partial charge in [0.05, 0.1) is 29.4 Å². The number of anilines is 1. The summed E-state index contributed by atoms with van der Waals surface area (Å²) in [6.07, 6.45) is 9.20. The standard InChI is InChI=1S/C32H30N6O6/c39-29(17-6-9-27-24(12-17)36-28(18-10-11-44-16-18)38(27)20-4-2-1-3-5-20)37-25-14-22-21-13-19(34-31(41)32(42)43)7-8-23(21)35-26(22)15-33-30(25)40/h6-13,16,20,25,35H,1-5,14-15H2,(H,33,40)(H,34,41)(H,37,39)(H,42,43)/t25-/m0/s1. The van der Waals surface area contributed by atoms with Crippen LogP contribution >= 0.6 is 0 Å². The first-order chi connectivity index (χ1) is 21.4. The molecule has 1 aliphatic carbocycles. The Kier molecular flexibility index (Phi) is 6.88. The summed E-state index contributed by atoms with van der Waals surface area (Å²) < 4.78 is 7.62. The van der Waals surface area contributed by atoms with Gasteiger partial charge in [-0.25, -0.2) is 9.78 Å². The van der Waals surface area contributed by atoms with Crippen LogP contribution in [0.1, 0.15) is 59.8 Å². The Bertz CT molecular complexity index is 1930. The zero-order chi connectivity index (χ0) is 30.4. The maximum absolute atomic E-state index is 13.5. The molecule has 7 rings (SSSR count). The smallest absolute Gasteiger partial charge is 0.394 e. The molecule has 0 bridgehead atoms. The Labute approximate surface area is 250 Å². The van der Waals surface area contributed by atoms with Crippen LogP contribution in [0.15, 0.2) is 59.4 Å². The number of carboxylic acids is 1. The number of H-pyrrole nitrogens is 1. The largest absolute Gasteiger partial charge is 0.474 e. The Morgan fingerprint density at radius 3 is 2.66 bits per heavy atom. The van der Waals surface area contributed by atoms with Crippen molar-refractivity contribution in [3.8, 4) is 11.4 Å². The van der Waals surface area contributed by atoms with Gasteiger partial charge < -0.3 is 35.0 Å². The van der Waals surface area contributed by atoms with Gasteiger partial charge in [0.2, 0.25) is 5.91 Å². The normalized spacial score (nSPS) is 17.2. The molecule has 12 nitrogen and oxygen atoms in total. The molecule has 1 atom stereocenters. The average molecular weight is 595 g/mol. The molecule has 3 aromatic heterocycles. The van der Waals surface area contributed by atoms with Crippen molar-refractivity contribution < 1.29 is 28.7 Å². The summed E-state index contributed by atoms with van der Waals surface area (Å²) in [6, 6.07) is 11.8. The summed E-state index contributed by atoms with van der Waals surface area (Å²) in [7, 11) is 0. The van der Waals surface area contributed by atoms with Crippen molar-refractivity contribution in [1.29, 1.82) is 0 Å². The molecular formula is C32H30N6O6. The molecule has 1 saturated carbocycles. The van der Waals surface area contributed by atoms with E-state index >= 15 is 0 Å². The summed E-state index contributed by atoms with van der Waals surface area (Å²) in [5, 5.41) is 17.8. The minimum atomic E-state index is -1.59. The third-order valence-electron chi connectivity index (χ3n) is 8.59.